The van der Waals surface area contributed by atoms with Crippen LogP contribution in [0.25, 0.3) is 10.9 Å². The molecule has 0 spiro atoms. The van der Waals surface area contributed by atoms with Crippen LogP contribution in [0.4, 0.5) is 0 Å². The average Bonchev–Trinajstić information content (AvgIpc) is 2.75. The fourth-order valence-corrected chi connectivity index (χ4v) is 4.76. The summed E-state index contributed by atoms with van der Waals surface area (Å²) in [7, 11) is 0. The van der Waals surface area contributed by atoms with Crippen LogP contribution in [-0.4, -0.2) is 45.4 Å². The number of carbonyl (C=O) groups is 2. The summed E-state index contributed by atoms with van der Waals surface area (Å²) in [5.74, 6) is 1.24. The normalized spacial score (nSPS) is 17.7. The molecule has 7 heteroatoms. The fourth-order valence-electron chi connectivity index (χ4n) is 4.76. The van der Waals surface area contributed by atoms with Gasteiger partial charge in [0.2, 0.25) is 5.91 Å². The van der Waals surface area contributed by atoms with Gasteiger partial charge in [-0.2, -0.15) is 0 Å². The van der Waals surface area contributed by atoms with E-state index in [0.717, 1.165) is 57.3 Å². The molecule has 4 rings (SSSR count). The lowest BCUT2D eigenvalue weighted by atomic mass is 10.0. The van der Waals surface area contributed by atoms with E-state index in [1.807, 2.05) is 9.47 Å². The molecular weight excluding hydrogens is 404 g/mol. The number of amides is 2. The van der Waals surface area contributed by atoms with E-state index in [2.05, 4.69) is 19.2 Å². The van der Waals surface area contributed by atoms with E-state index in [9.17, 15) is 14.4 Å². The molecule has 0 bridgehead atoms. The Bertz CT molecular complexity index is 1050. The Hall–Kier alpha value is -2.70. The van der Waals surface area contributed by atoms with Crippen molar-refractivity contribution in [1.82, 2.24) is 19.8 Å². The van der Waals surface area contributed by atoms with E-state index < -0.39 is 0 Å². The van der Waals surface area contributed by atoms with E-state index in [0.29, 0.717) is 41.9 Å². The molecule has 0 aliphatic carbocycles. The molecule has 1 aromatic heterocycles. The molecule has 2 amide bonds. The van der Waals surface area contributed by atoms with Crippen LogP contribution in [-0.2, 0) is 17.8 Å². The second kappa shape index (κ2) is 9.84. The molecule has 1 fully saturated rings. The van der Waals surface area contributed by atoms with Gasteiger partial charge in [-0.25, -0.2) is 4.98 Å². The summed E-state index contributed by atoms with van der Waals surface area (Å²) in [6.45, 7) is 6.18. The highest BCUT2D eigenvalue weighted by molar-refractivity contribution is 5.97. The summed E-state index contributed by atoms with van der Waals surface area (Å²) in [6, 6.07) is 5.25. The van der Waals surface area contributed by atoms with Crippen LogP contribution in [0.15, 0.2) is 23.0 Å². The van der Waals surface area contributed by atoms with Crippen molar-refractivity contribution in [2.24, 2.45) is 5.92 Å². The number of fused-ring (bicyclic) bond motifs is 2. The monoisotopic (exact) mass is 438 g/mol. The Morgan fingerprint density at radius 1 is 1.09 bits per heavy atom. The van der Waals surface area contributed by atoms with Gasteiger partial charge in [0, 0.05) is 44.1 Å². The lowest BCUT2D eigenvalue weighted by Crippen LogP contribution is -2.46. The summed E-state index contributed by atoms with van der Waals surface area (Å²) in [4.78, 5) is 44.8. The maximum atomic E-state index is 13.0. The molecule has 0 saturated carbocycles. The van der Waals surface area contributed by atoms with Crippen LogP contribution in [0.1, 0.15) is 75.0 Å². The van der Waals surface area contributed by atoms with E-state index in [1.54, 1.807) is 18.2 Å². The van der Waals surface area contributed by atoms with Crippen molar-refractivity contribution in [3.8, 4) is 0 Å². The molecule has 3 heterocycles. The number of aryl methyl sites for hydroxylation is 1. The molecule has 1 aromatic carbocycles. The maximum absolute atomic E-state index is 13.0. The number of benzene rings is 1. The van der Waals surface area contributed by atoms with E-state index in [-0.39, 0.29) is 23.4 Å². The smallest absolute Gasteiger partial charge is 0.261 e. The zero-order valence-corrected chi connectivity index (χ0v) is 19.2. The van der Waals surface area contributed by atoms with Crippen molar-refractivity contribution in [2.75, 3.05) is 13.1 Å². The number of hydrogen-bond donors (Lipinski definition) is 1. The highest BCUT2D eigenvalue weighted by atomic mass is 16.2. The number of likely N-dealkylation sites (tertiary alicyclic amines) is 1. The molecule has 0 radical (unpaired) electrons. The van der Waals surface area contributed by atoms with Gasteiger partial charge in [-0.05, 0) is 49.8 Å². The lowest BCUT2D eigenvalue weighted by Gasteiger charge is -2.32. The minimum absolute atomic E-state index is 0.00250. The number of piperidine rings is 1. The Kier molecular flexibility index (Phi) is 6.92. The van der Waals surface area contributed by atoms with Crippen LogP contribution in [0.5, 0.6) is 0 Å². The van der Waals surface area contributed by atoms with Crippen molar-refractivity contribution >= 4 is 22.7 Å². The van der Waals surface area contributed by atoms with Gasteiger partial charge in [-0.15, -0.1) is 0 Å². The third kappa shape index (κ3) is 5.03. The molecule has 2 aliphatic heterocycles. The highest BCUT2D eigenvalue weighted by Crippen LogP contribution is 2.18. The van der Waals surface area contributed by atoms with Gasteiger partial charge in [0.05, 0.1) is 10.9 Å². The molecular formula is C25H34N4O3. The summed E-state index contributed by atoms with van der Waals surface area (Å²) >= 11 is 0. The molecule has 2 aromatic rings. The highest BCUT2D eigenvalue weighted by Gasteiger charge is 2.24. The number of nitrogens with zero attached hydrogens (tertiary/aromatic N) is 3. The number of carbonyl (C=O) groups excluding carboxylic acids is 2. The SMILES string of the molecule is CC(C)CC(=O)N1CCC(NC(=O)c2ccc3c(=O)n4c(nc3c2)CCCCCC4)CC1. The number of hydrogen-bond acceptors (Lipinski definition) is 4. The molecule has 0 atom stereocenters. The Morgan fingerprint density at radius 3 is 2.59 bits per heavy atom. The molecule has 7 nitrogen and oxygen atoms in total. The van der Waals surface area contributed by atoms with Crippen molar-refractivity contribution < 1.29 is 9.59 Å². The van der Waals surface area contributed by atoms with Gasteiger partial charge in [0.25, 0.3) is 11.5 Å². The van der Waals surface area contributed by atoms with E-state index in [1.165, 1.54) is 0 Å². The van der Waals surface area contributed by atoms with Gasteiger partial charge in [-0.1, -0.05) is 26.7 Å². The van der Waals surface area contributed by atoms with Gasteiger partial charge in [0.1, 0.15) is 5.82 Å². The number of aromatic nitrogens is 2. The third-order valence-electron chi connectivity index (χ3n) is 6.59. The van der Waals surface area contributed by atoms with Gasteiger partial charge in [-0.3, -0.25) is 19.0 Å². The third-order valence-corrected chi connectivity index (χ3v) is 6.59. The summed E-state index contributed by atoms with van der Waals surface area (Å²) < 4.78 is 1.82. The fraction of sp³-hybridized carbons (Fsp3) is 0.600. The predicted octanol–water partition coefficient (Wildman–Crippen LogP) is 3.28. The van der Waals surface area contributed by atoms with Crippen molar-refractivity contribution in [1.29, 1.82) is 0 Å². The van der Waals surface area contributed by atoms with Crippen LogP contribution < -0.4 is 10.9 Å². The van der Waals surface area contributed by atoms with Crippen molar-refractivity contribution in [2.45, 2.75) is 77.8 Å². The molecule has 2 aliphatic rings. The first-order valence-electron chi connectivity index (χ1n) is 12.0. The van der Waals surface area contributed by atoms with Gasteiger partial charge in [0.15, 0.2) is 0 Å². The standard InChI is InChI=1S/C25H34N4O3/c1-17(2)15-23(30)28-13-10-19(11-14-28)26-24(31)18-8-9-20-21(16-18)27-22-7-5-3-4-6-12-29(22)25(20)32/h8-9,16-17,19H,3-7,10-15H2,1-2H3,(H,26,31). The first-order chi connectivity index (χ1) is 15.4. The molecule has 32 heavy (non-hydrogen) atoms. The van der Waals surface area contributed by atoms with Crippen molar-refractivity contribution in [3.63, 3.8) is 0 Å². The largest absolute Gasteiger partial charge is 0.349 e. The first-order valence-corrected chi connectivity index (χ1v) is 12.0. The summed E-state index contributed by atoms with van der Waals surface area (Å²) in [5, 5.41) is 3.68. The second-order valence-corrected chi connectivity index (χ2v) is 9.61. The molecule has 172 valence electrons. The van der Waals surface area contributed by atoms with Crippen LogP contribution in [0.3, 0.4) is 0 Å². The molecule has 1 N–H and O–H groups in total. The number of rotatable bonds is 4. The average molecular weight is 439 g/mol. The Morgan fingerprint density at radius 2 is 1.84 bits per heavy atom. The van der Waals surface area contributed by atoms with E-state index >= 15 is 0 Å². The Labute approximate surface area is 189 Å². The zero-order valence-electron chi connectivity index (χ0n) is 19.2. The van der Waals surface area contributed by atoms with Gasteiger partial charge >= 0.3 is 0 Å². The minimum Gasteiger partial charge on any atom is -0.349 e. The van der Waals surface area contributed by atoms with Crippen LogP contribution in [0.2, 0.25) is 0 Å². The molecule has 1 saturated heterocycles. The topological polar surface area (TPSA) is 84.3 Å². The first kappa shape index (κ1) is 22.5. The maximum Gasteiger partial charge on any atom is 0.261 e. The summed E-state index contributed by atoms with van der Waals surface area (Å²) in [6.07, 6.45) is 7.25. The van der Waals surface area contributed by atoms with Crippen LogP contribution >= 0.6 is 0 Å². The van der Waals surface area contributed by atoms with Gasteiger partial charge < -0.3 is 10.2 Å². The minimum atomic E-state index is -0.146. The quantitative estimate of drug-likeness (QED) is 0.794. The lowest BCUT2D eigenvalue weighted by molar-refractivity contribution is -0.133. The van der Waals surface area contributed by atoms with Crippen LogP contribution in [0, 0.1) is 5.92 Å². The van der Waals surface area contributed by atoms with Crippen molar-refractivity contribution in [3.05, 3.63) is 39.9 Å². The Balaban J connectivity index is 1.45. The number of nitrogens with one attached hydrogen (secondary N) is 1. The zero-order chi connectivity index (χ0) is 22.7. The van der Waals surface area contributed by atoms with E-state index in [4.69, 9.17) is 4.98 Å². The summed E-state index contributed by atoms with van der Waals surface area (Å²) in [5.41, 5.74) is 1.12. The molecule has 0 unspecified atom stereocenters. The predicted molar refractivity (Wildman–Crippen MR) is 125 cm³/mol. The second-order valence-electron chi connectivity index (χ2n) is 9.61.